The number of pyridine rings is 1. The SMILES string of the molecule is CC(C)C(Nc1c(C#N)cnc2ccccc12)C(=O)O. The van der Waals surface area contributed by atoms with Crippen LogP contribution in [0.2, 0.25) is 0 Å². The van der Waals surface area contributed by atoms with Gasteiger partial charge in [0, 0.05) is 11.6 Å². The fourth-order valence-electron chi connectivity index (χ4n) is 2.05. The Morgan fingerprint density at radius 1 is 1.40 bits per heavy atom. The zero-order chi connectivity index (χ0) is 14.7. The van der Waals surface area contributed by atoms with Gasteiger partial charge in [-0.2, -0.15) is 5.26 Å². The number of anilines is 1. The first-order valence-electron chi connectivity index (χ1n) is 6.31. The standard InChI is InChI=1S/C15H15N3O2/c1-9(2)13(15(19)20)18-14-10(7-16)8-17-12-6-4-3-5-11(12)14/h3-6,8-9,13H,1-2H3,(H,17,18)(H,19,20). The Hall–Kier alpha value is -2.61. The summed E-state index contributed by atoms with van der Waals surface area (Å²) in [4.78, 5) is 15.5. The molecule has 1 aromatic carbocycles. The average Bonchev–Trinajstić information content (AvgIpc) is 2.43. The second-order valence-electron chi connectivity index (χ2n) is 4.88. The highest BCUT2D eigenvalue weighted by Gasteiger charge is 2.23. The number of nitriles is 1. The number of fused-ring (bicyclic) bond motifs is 1. The molecule has 0 radical (unpaired) electrons. The van der Waals surface area contributed by atoms with Gasteiger partial charge < -0.3 is 10.4 Å². The van der Waals surface area contributed by atoms with Crippen LogP contribution in [-0.2, 0) is 4.79 Å². The molecule has 5 heteroatoms. The third-order valence-electron chi connectivity index (χ3n) is 3.13. The van der Waals surface area contributed by atoms with E-state index in [1.54, 1.807) is 0 Å². The first-order valence-corrected chi connectivity index (χ1v) is 6.31. The van der Waals surface area contributed by atoms with Crippen molar-refractivity contribution < 1.29 is 9.90 Å². The summed E-state index contributed by atoms with van der Waals surface area (Å²) in [7, 11) is 0. The van der Waals surface area contributed by atoms with Gasteiger partial charge in [0.2, 0.25) is 0 Å². The molecule has 102 valence electrons. The summed E-state index contributed by atoms with van der Waals surface area (Å²) in [5, 5.41) is 22.2. The lowest BCUT2D eigenvalue weighted by Crippen LogP contribution is -2.34. The molecule has 0 aliphatic rings. The Kier molecular flexibility index (Phi) is 3.85. The van der Waals surface area contributed by atoms with Crippen LogP contribution in [0.5, 0.6) is 0 Å². The van der Waals surface area contributed by atoms with Crippen molar-refractivity contribution in [2.45, 2.75) is 19.9 Å². The van der Waals surface area contributed by atoms with Crippen molar-refractivity contribution in [2.24, 2.45) is 5.92 Å². The number of carboxylic acid groups (broad SMARTS) is 1. The molecule has 2 aromatic rings. The topological polar surface area (TPSA) is 86.0 Å². The van der Waals surface area contributed by atoms with Gasteiger partial charge in [-0.05, 0) is 12.0 Å². The van der Waals surface area contributed by atoms with Gasteiger partial charge in [-0.3, -0.25) is 4.98 Å². The molecule has 0 saturated heterocycles. The van der Waals surface area contributed by atoms with Gasteiger partial charge in [0.15, 0.2) is 0 Å². The molecule has 2 rings (SSSR count). The smallest absolute Gasteiger partial charge is 0.326 e. The molecule has 1 unspecified atom stereocenters. The van der Waals surface area contributed by atoms with Crippen LogP contribution in [0.1, 0.15) is 19.4 Å². The molecule has 2 N–H and O–H groups in total. The van der Waals surface area contributed by atoms with Crippen molar-refractivity contribution >= 4 is 22.6 Å². The van der Waals surface area contributed by atoms with Crippen LogP contribution in [0.25, 0.3) is 10.9 Å². The van der Waals surface area contributed by atoms with E-state index in [9.17, 15) is 15.2 Å². The fraction of sp³-hybridized carbons (Fsp3) is 0.267. The van der Waals surface area contributed by atoms with Gasteiger partial charge in [-0.25, -0.2) is 4.79 Å². The Morgan fingerprint density at radius 2 is 2.10 bits per heavy atom. The van der Waals surface area contributed by atoms with Crippen molar-refractivity contribution in [3.8, 4) is 6.07 Å². The van der Waals surface area contributed by atoms with Gasteiger partial charge in [0.05, 0.1) is 16.8 Å². The second-order valence-corrected chi connectivity index (χ2v) is 4.88. The van der Waals surface area contributed by atoms with Gasteiger partial charge in [0.1, 0.15) is 12.1 Å². The molecule has 0 saturated carbocycles. The van der Waals surface area contributed by atoms with Crippen LogP contribution in [0.4, 0.5) is 5.69 Å². The second kappa shape index (κ2) is 5.57. The summed E-state index contributed by atoms with van der Waals surface area (Å²) in [6.07, 6.45) is 1.46. The summed E-state index contributed by atoms with van der Waals surface area (Å²) in [6.45, 7) is 3.64. The number of aliphatic carboxylic acids is 1. The number of para-hydroxylation sites is 1. The summed E-state index contributed by atoms with van der Waals surface area (Å²) in [6, 6.07) is 8.63. The lowest BCUT2D eigenvalue weighted by atomic mass is 10.0. The quantitative estimate of drug-likeness (QED) is 0.891. The van der Waals surface area contributed by atoms with E-state index in [0.29, 0.717) is 11.3 Å². The molecule has 0 aliphatic heterocycles. The number of hydrogen-bond acceptors (Lipinski definition) is 4. The summed E-state index contributed by atoms with van der Waals surface area (Å²) >= 11 is 0. The summed E-state index contributed by atoms with van der Waals surface area (Å²) in [5.41, 5.74) is 1.59. The molecule has 20 heavy (non-hydrogen) atoms. The van der Waals surface area contributed by atoms with E-state index in [4.69, 9.17) is 0 Å². The van der Waals surface area contributed by atoms with Crippen LogP contribution < -0.4 is 5.32 Å². The van der Waals surface area contributed by atoms with Crippen LogP contribution in [-0.4, -0.2) is 22.1 Å². The first kappa shape index (κ1) is 13.8. The Morgan fingerprint density at radius 3 is 2.70 bits per heavy atom. The number of benzene rings is 1. The molecule has 1 atom stereocenters. The monoisotopic (exact) mass is 269 g/mol. The molecule has 0 amide bonds. The molecule has 0 spiro atoms. The van der Waals surface area contributed by atoms with Crippen molar-refractivity contribution in [1.29, 1.82) is 5.26 Å². The minimum Gasteiger partial charge on any atom is -0.480 e. The number of rotatable bonds is 4. The van der Waals surface area contributed by atoms with Crippen molar-refractivity contribution in [3.63, 3.8) is 0 Å². The van der Waals surface area contributed by atoms with E-state index in [1.807, 2.05) is 38.1 Å². The average molecular weight is 269 g/mol. The van der Waals surface area contributed by atoms with Crippen molar-refractivity contribution in [2.75, 3.05) is 5.32 Å². The number of carboxylic acids is 1. The van der Waals surface area contributed by atoms with Crippen LogP contribution in [0.15, 0.2) is 30.5 Å². The maximum atomic E-state index is 11.3. The molecular formula is C15H15N3O2. The fourth-order valence-corrected chi connectivity index (χ4v) is 2.05. The van der Waals surface area contributed by atoms with Gasteiger partial charge in [0.25, 0.3) is 0 Å². The Balaban J connectivity index is 2.57. The molecule has 5 nitrogen and oxygen atoms in total. The van der Waals surface area contributed by atoms with Crippen LogP contribution in [0.3, 0.4) is 0 Å². The first-order chi connectivity index (χ1) is 9.54. The minimum atomic E-state index is -0.940. The van der Waals surface area contributed by atoms with Crippen LogP contribution >= 0.6 is 0 Å². The number of nitrogens with zero attached hydrogens (tertiary/aromatic N) is 2. The number of carbonyl (C=O) groups is 1. The number of aromatic nitrogens is 1. The normalized spacial score (nSPS) is 12.1. The minimum absolute atomic E-state index is 0.106. The third kappa shape index (κ3) is 2.54. The Labute approximate surface area is 116 Å². The number of hydrogen-bond donors (Lipinski definition) is 2. The highest BCUT2D eigenvalue weighted by molar-refractivity contribution is 5.95. The number of nitrogens with one attached hydrogen (secondary N) is 1. The molecule has 0 aliphatic carbocycles. The predicted octanol–water partition coefficient (Wildman–Crippen LogP) is 2.63. The van der Waals surface area contributed by atoms with E-state index in [0.717, 1.165) is 10.9 Å². The predicted molar refractivity (Wildman–Crippen MR) is 76.3 cm³/mol. The Bertz CT molecular complexity index is 689. The van der Waals surface area contributed by atoms with E-state index >= 15 is 0 Å². The van der Waals surface area contributed by atoms with E-state index in [2.05, 4.69) is 16.4 Å². The molecular weight excluding hydrogens is 254 g/mol. The summed E-state index contributed by atoms with van der Waals surface area (Å²) < 4.78 is 0. The molecule has 0 fully saturated rings. The van der Waals surface area contributed by atoms with Gasteiger partial charge >= 0.3 is 5.97 Å². The zero-order valence-electron chi connectivity index (χ0n) is 11.3. The lowest BCUT2D eigenvalue weighted by molar-refractivity contribution is -0.138. The van der Waals surface area contributed by atoms with Gasteiger partial charge in [-0.1, -0.05) is 32.0 Å². The highest BCUT2D eigenvalue weighted by atomic mass is 16.4. The maximum Gasteiger partial charge on any atom is 0.326 e. The van der Waals surface area contributed by atoms with E-state index < -0.39 is 12.0 Å². The third-order valence-corrected chi connectivity index (χ3v) is 3.13. The van der Waals surface area contributed by atoms with E-state index in [-0.39, 0.29) is 5.92 Å². The van der Waals surface area contributed by atoms with E-state index in [1.165, 1.54) is 6.20 Å². The molecule has 1 aromatic heterocycles. The van der Waals surface area contributed by atoms with Crippen molar-refractivity contribution in [3.05, 3.63) is 36.0 Å². The van der Waals surface area contributed by atoms with Crippen molar-refractivity contribution in [1.82, 2.24) is 4.98 Å². The molecule has 1 heterocycles. The molecule has 0 bridgehead atoms. The summed E-state index contributed by atoms with van der Waals surface area (Å²) in [5.74, 6) is -1.05. The highest BCUT2D eigenvalue weighted by Crippen LogP contribution is 2.27. The largest absolute Gasteiger partial charge is 0.480 e. The van der Waals surface area contributed by atoms with Gasteiger partial charge in [-0.15, -0.1) is 0 Å². The lowest BCUT2D eigenvalue weighted by Gasteiger charge is -2.21. The maximum absolute atomic E-state index is 11.3. The zero-order valence-corrected chi connectivity index (χ0v) is 11.3. The van der Waals surface area contributed by atoms with Crippen LogP contribution in [0, 0.1) is 17.2 Å².